The van der Waals surface area contributed by atoms with Gasteiger partial charge in [0, 0.05) is 50.4 Å². The van der Waals surface area contributed by atoms with Gasteiger partial charge in [-0.1, -0.05) is 6.07 Å². The standard InChI is InChI=1S/C22H21N7O4S2/c1-13(30)28-7-9-29(10-8-28)21(31)20-26-19-17(34-20)6-5-14-12-24-22(27-18(14)19)25-15-3-2-4-16(11-15)35(23,32)33/h2-6,11-12H,7-10H2,1H3,(H2,23,32,33)(H,24,25,27). The van der Waals surface area contributed by atoms with Gasteiger partial charge in [-0.25, -0.2) is 28.5 Å². The second-order valence-electron chi connectivity index (χ2n) is 8.06. The number of fused-ring (bicyclic) bond motifs is 3. The number of hydrogen-bond donors (Lipinski definition) is 2. The maximum Gasteiger partial charge on any atom is 0.282 e. The summed E-state index contributed by atoms with van der Waals surface area (Å²) >= 11 is 1.29. The number of aromatic nitrogens is 3. The van der Waals surface area contributed by atoms with Gasteiger partial charge in [-0.15, -0.1) is 11.3 Å². The first-order chi connectivity index (χ1) is 16.7. The zero-order valence-corrected chi connectivity index (χ0v) is 20.3. The van der Waals surface area contributed by atoms with E-state index in [2.05, 4.69) is 20.3 Å². The summed E-state index contributed by atoms with van der Waals surface area (Å²) in [5.41, 5.74) is 1.61. The molecule has 2 aromatic carbocycles. The number of nitrogens with one attached hydrogen (secondary N) is 1. The molecule has 1 aliphatic rings. The molecule has 2 amide bonds. The van der Waals surface area contributed by atoms with E-state index in [4.69, 9.17) is 5.14 Å². The molecule has 0 saturated carbocycles. The van der Waals surface area contributed by atoms with Crippen LogP contribution in [0.4, 0.5) is 11.6 Å². The summed E-state index contributed by atoms with van der Waals surface area (Å²) in [6.45, 7) is 3.46. The monoisotopic (exact) mass is 511 g/mol. The van der Waals surface area contributed by atoms with Crippen LogP contribution < -0.4 is 10.5 Å². The van der Waals surface area contributed by atoms with E-state index in [1.54, 1.807) is 28.1 Å². The number of nitrogens with zero attached hydrogens (tertiary/aromatic N) is 5. The van der Waals surface area contributed by atoms with Crippen molar-refractivity contribution in [2.45, 2.75) is 11.8 Å². The molecule has 3 N–H and O–H groups in total. The number of carbonyl (C=O) groups excluding carboxylic acids is 2. The molecule has 0 radical (unpaired) electrons. The van der Waals surface area contributed by atoms with E-state index in [9.17, 15) is 18.0 Å². The number of sulfonamides is 1. The lowest BCUT2D eigenvalue weighted by Crippen LogP contribution is -2.50. The lowest BCUT2D eigenvalue weighted by Gasteiger charge is -2.33. The molecule has 0 bridgehead atoms. The van der Waals surface area contributed by atoms with Crippen molar-refractivity contribution in [3.63, 3.8) is 0 Å². The van der Waals surface area contributed by atoms with Gasteiger partial charge in [0.25, 0.3) is 5.91 Å². The normalized spacial score (nSPS) is 14.5. The lowest BCUT2D eigenvalue weighted by atomic mass is 10.2. The minimum atomic E-state index is -3.85. The summed E-state index contributed by atoms with van der Waals surface area (Å²) < 4.78 is 24.1. The van der Waals surface area contributed by atoms with Gasteiger partial charge in [0.1, 0.15) is 11.0 Å². The third-order valence-electron chi connectivity index (χ3n) is 5.72. The van der Waals surface area contributed by atoms with Crippen LogP contribution in [0.2, 0.25) is 0 Å². The minimum absolute atomic E-state index is 0.00373. The predicted molar refractivity (Wildman–Crippen MR) is 132 cm³/mol. The van der Waals surface area contributed by atoms with E-state index in [1.165, 1.54) is 30.4 Å². The summed E-state index contributed by atoms with van der Waals surface area (Å²) in [6, 6.07) is 9.78. The lowest BCUT2D eigenvalue weighted by molar-refractivity contribution is -0.130. The summed E-state index contributed by atoms with van der Waals surface area (Å²) in [5.74, 6) is 0.0802. The zero-order chi connectivity index (χ0) is 24.7. The van der Waals surface area contributed by atoms with Crippen molar-refractivity contribution >= 4 is 65.9 Å². The molecule has 180 valence electrons. The number of thiazole rings is 1. The van der Waals surface area contributed by atoms with Crippen LogP contribution in [-0.2, 0) is 14.8 Å². The van der Waals surface area contributed by atoms with Crippen LogP contribution in [0.5, 0.6) is 0 Å². The fourth-order valence-electron chi connectivity index (χ4n) is 3.87. The Hall–Kier alpha value is -3.68. The highest BCUT2D eigenvalue weighted by Crippen LogP contribution is 2.30. The Kier molecular flexibility index (Phi) is 5.83. The van der Waals surface area contributed by atoms with Gasteiger partial charge < -0.3 is 15.1 Å². The topological polar surface area (TPSA) is 151 Å². The molecule has 2 aromatic heterocycles. The molecule has 1 aliphatic heterocycles. The first-order valence-corrected chi connectivity index (χ1v) is 13.1. The number of carbonyl (C=O) groups is 2. The predicted octanol–water partition coefficient (Wildman–Crippen LogP) is 1.93. The highest BCUT2D eigenvalue weighted by molar-refractivity contribution is 7.89. The molecule has 0 unspecified atom stereocenters. The molecule has 1 saturated heterocycles. The molecule has 35 heavy (non-hydrogen) atoms. The van der Waals surface area contributed by atoms with Crippen LogP contribution in [0.1, 0.15) is 16.7 Å². The van der Waals surface area contributed by atoms with Gasteiger partial charge in [-0.3, -0.25) is 9.59 Å². The molecule has 11 nitrogen and oxygen atoms in total. The largest absolute Gasteiger partial charge is 0.339 e. The van der Waals surface area contributed by atoms with Crippen molar-refractivity contribution < 1.29 is 18.0 Å². The molecular formula is C22H21N7O4S2. The Morgan fingerprint density at radius 2 is 1.77 bits per heavy atom. The summed E-state index contributed by atoms with van der Waals surface area (Å²) in [5, 5.41) is 9.32. The highest BCUT2D eigenvalue weighted by Gasteiger charge is 2.26. The molecule has 1 fully saturated rings. The smallest absolute Gasteiger partial charge is 0.282 e. The van der Waals surface area contributed by atoms with E-state index in [0.717, 1.165) is 10.1 Å². The van der Waals surface area contributed by atoms with Crippen LogP contribution >= 0.6 is 11.3 Å². The van der Waals surface area contributed by atoms with Gasteiger partial charge in [0.2, 0.25) is 21.9 Å². The third kappa shape index (κ3) is 4.65. The number of hydrogen-bond acceptors (Lipinski definition) is 9. The summed E-state index contributed by atoms with van der Waals surface area (Å²) in [6.07, 6.45) is 1.63. The van der Waals surface area contributed by atoms with Crippen molar-refractivity contribution in [3.8, 4) is 0 Å². The fourth-order valence-corrected chi connectivity index (χ4v) is 5.37. The number of benzene rings is 2. The average Bonchev–Trinajstić information content (AvgIpc) is 3.28. The average molecular weight is 512 g/mol. The van der Waals surface area contributed by atoms with Crippen molar-refractivity contribution in [1.82, 2.24) is 24.8 Å². The van der Waals surface area contributed by atoms with Crippen LogP contribution in [0.15, 0.2) is 47.5 Å². The van der Waals surface area contributed by atoms with Crippen LogP contribution in [-0.4, -0.2) is 71.2 Å². The number of rotatable bonds is 4. The zero-order valence-electron chi connectivity index (χ0n) is 18.6. The van der Waals surface area contributed by atoms with Gasteiger partial charge in [0.05, 0.1) is 9.60 Å². The van der Waals surface area contributed by atoms with Crippen molar-refractivity contribution in [1.29, 1.82) is 0 Å². The minimum Gasteiger partial charge on any atom is -0.339 e. The molecule has 13 heteroatoms. The van der Waals surface area contributed by atoms with E-state index < -0.39 is 10.0 Å². The second-order valence-corrected chi connectivity index (χ2v) is 10.7. The molecule has 0 aliphatic carbocycles. The van der Waals surface area contributed by atoms with E-state index in [-0.39, 0.29) is 22.7 Å². The Morgan fingerprint density at radius 1 is 1.03 bits per heavy atom. The maximum absolute atomic E-state index is 13.1. The number of piperazine rings is 1. The Morgan fingerprint density at radius 3 is 2.49 bits per heavy atom. The summed E-state index contributed by atoms with van der Waals surface area (Å²) in [7, 11) is -3.85. The fraction of sp³-hybridized carbons (Fsp3) is 0.227. The molecule has 0 spiro atoms. The molecule has 0 atom stereocenters. The highest BCUT2D eigenvalue weighted by atomic mass is 32.2. The third-order valence-corrected chi connectivity index (χ3v) is 7.64. The number of primary sulfonamides is 1. The van der Waals surface area contributed by atoms with Crippen LogP contribution in [0.25, 0.3) is 21.1 Å². The van der Waals surface area contributed by atoms with Gasteiger partial charge in [-0.2, -0.15) is 0 Å². The maximum atomic E-state index is 13.1. The molecule has 3 heterocycles. The van der Waals surface area contributed by atoms with Crippen LogP contribution in [0, 0.1) is 0 Å². The number of anilines is 2. The van der Waals surface area contributed by atoms with Gasteiger partial charge in [-0.05, 0) is 30.3 Å². The first-order valence-electron chi connectivity index (χ1n) is 10.7. The van der Waals surface area contributed by atoms with Crippen LogP contribution in [0.3, 0.4) is 0 Å². The van der Waals surface area contributed by atoms with E-state index >= 15 is 0 Å². The second kappa shape index (κ2) is 8.83. The number of amides is 2. The first kappa shape index (κ1) is 23.1. The van der Waals surface area contributed by atoms with E-state index in [1.807, 2.05) is 12.1 Å². The summed E-state index contributed by atoms with van der Waals surface area (Å²) in [4.78, 5) is 41.5. The van der Waals surface area contributed by atoms with Gasteiger partial charge >= 0.3 is 0 Å². The van der Waals surface area contributed by atoms with E-state index in [0.29, 0.717) is 47.9 Å². The quantitative estimate of drug-likeness (QED) is 0.422. The Labute approximate surface area is 204 Å². The van der Waals surface area contributed by atoms with Crippen molar-refractivity contribution in [3.05, 3.63) is 47.6 Å². The van der Waals surface area contributed by atoms with Gasteiger partial charge in [0.15, 0.2) is 5.01 Å². The Bertz CT molecular complexity index is 1580. The number of nitrogens with two attached hydrogens (primary N) is 1. The SMILES string of the molecule is CC(=O)N1CCN(C(=O)c2nc3c(ccc4cnc(Nc5cccc(S(N)(=O)=O)c5)nc43)s2)CC1. The Balaban J connectivity index is 1.44. The van der Waals surface area contributed by atoms with Crippen molar-refractivity contribution in [2.24, 2.45) is 5.14 Å². The molecule has 5 rings (SSSR count). The molecular weight excluding hydrogens is 490 g/mol. The molecule has 4 aromatic rings. The van der Waals surface area contributed by atoms with Crippen molar-refractivity contribution in [2.75, 3.05) is 31.5 Å².